The molecule has 22 heavy (non-hydrogen) atoms. The average molecular weight is 296 g/mol. The Morgan fingerprint density at radius 3 is 2.41 bits per heavy atom. The molecular weight excluding hydrogens is 276 g/mol. The number of benzene rings is 2. The minimum Gasteiger partial charge on any atom is -0.497 e. The molecule has 3 nitrogen and oxygen atoms in total. The fourth-order valence-electron chi connectivity index (χ4n) is 2.28. The third-order valence-corrected chi connectivity index (χ3v) is 3.42. The van der Waals surface area contributed by atoms with Crippen LogP contribution in [0.2, 0.25) is 0 Å². The summed E-state index contributed by atoms with van der Waals surface area (Å²) in [6.07, 6.45) is 3.39. The van der Waals surface area contributed by atoms with Crippen LogP contribution in [-0.2, 0) is 0 Å². The summed E-state index contributed by atoms with van der Waals surface area (Å²) in [7, 11) is 3.24. The number of allylic oxidation sites excluding steroid dienone is 1. The second-order valence-corrected chi connectivity index (χ2v) is 5.17. The average Bonchev–Trinajstić information content (AvgIpc) is 2.52. The van der Waals surface area contributed by atoms with E-state index in [1.807, 2.05) is 50.3 Å². The highest BCUT2D eigenvalue weighted by Crippen LogP contribution is 2.20. The van der Waals surface area contributed by atoms with Gasteiger partial charge in [-0.25, -0.2) is 0 Å². The van der Waals surface area contributed by atoms with Gasteiger partial charge in [0, 0.05) is 5.56 Å². The molecule has 0 fully saturated rings. The lowest BCUT2D eigenvalue weighted by Gasteiger charge is -2.05. The summed E-state index contributed by atoms with van der Waals surface area (Å²) >= 11 is 0. The number of aryl methyl sites for hydroxylation is 2. The minimum atomic E-state index is -0.0459. The highest BCUT2D eigenvalue weighted by Gasteiger charge is 2.05. The van der Waals surface area contributed by atoms with Crippen molar-refractivity contribution in [3.8, 4) is 11.5 Å². The Morgan fingerprint density at radius 2 is 1.77 bits per heavy atom. The van der Waals surface area contributed by atoms with Gasteiger partial charge in [0.05, 0.1) is 14.2 Å². The smallest absolute Gasteiger partial charge is 0.185 e. The van der Waals surface area contributed by atoms with Crippen LogP contribution in [0, 0.1) is 13.8 Å². The van der Waals surface area contributed by atoms with Crippen molar-refractivity contribution in [1.82, 2.24) is 0 Å². The molecule has 3 heteroatoms. The Hall–Kier alpha value is -2.55. The number of carbonyl (C=O) groups is 1. The molecule has 0 spiro atoms. The summed E-state index contributed by atoms with van der Waals surface area (Å²) in [4.78, 5) is 12.3. The van der Waals surface area contributed by atoms with Crippen LogP contribution in [0.15, 0.2) is 42.5 Å². The normalized spacial score (nSPS) is 10.7. The van der Waals surface area contributed by atoms with Crippen LogP contribution in [0.5, 0.6) is 11.5 Å². The first-order valence-electron chi connectivity index (χ1n) is 7.06. The van der Waals surface area contributed by atoms with E-state index in [0.29, 0.717) is 11.3 Å². The van der Waals surface area contributed by atoms with E-state index in [1.54, 1.807) is 26.4 Å². The fourth-order valence-corrected chi connectivity index (χ4v) is 2.28. The summed E-state index contributed by atoms with van der Waals surface area (Å²) in [6.45, 7) is 3.92. The standard InChI is InChI=1S/C19H20O3/c1-13-9-16(12-17(10-13)21-3)18(20)7-5-15-6-8-19(22-4)14(2)11-15/h5-12H,1-4H3/b7-5+. The van der Waals surface area contributed by atoms with Crippen molar-refractivity contribution in [3.63, 3.8) is 0 Å². The molecule has 0 saturated carbocycles. The maximum Gasteiger partial charge on any atom is 0.185 e. The van der Waals surface area contributed by atoms with Crippen molar-refractivity contribution < 1.29 is 14.3 Å². The number of hydrogen-bond acceptors (Lipinski definition) is 3. The molecule has 114 valence electrons. The SMILES string of the molecule is COc1cc(C)cc(C(=O)/C=C/c2ccc(OC)c(C)c2)c1. The second-order valence-electron chi connectivity index (χ2n) is 5.17. The second kappa shape index (κ2) is 6.94. The minimum absolute atomic E-state index is 0.0459. The third-order valence-electron chi connectivity index (χ3n) is 3.42. The molecule has 0 bridgehead atoms. The molecule has 0 radical (unpaired) electrons. The van der Waals surface area contributed by atoms with Crippen LogP contribution < -0.4 is 9.47 Å². The van der Waals surface area contributed by atoms with Crippen molar-refractivity contribution in [3.05, 3.63) is 64.7 Å². The van der Waals surface area contributed by atoms with Gasteiger partial charge in [0.2, 0.25) is 0 Å². The van der Waals surface area contributed by atoms with Crippen molar-refractivity contribution in [2.45, 2.75) is 13.8 Å². The maximum absolute atomic E-state index is 12.3. The molecule has 0 unspecified atom stereocenters. The molecule has 2 aromatic rings. The van der Waals surface area contributed by atoms with Crippen LogP contribution in [0.1, 0.15) is 27.0 Å². The molecule has 0 aromatic heterocycles. The molecule has 0 N–H and O–H groups in total. The molecule has 0 saturated heterocycles. The quantitative estimate of drug-likeness (QED) is 0.612. The van der Waals surface area contributed by atoms with Gasteiger partial charge >= 0.3 is 0 Å². The monoisotopic (exact) mass is 296 g/mol. The van der Waals surface area contributed by atoms with Crippen LogP contribution >= 0.6 is 0 Å². The lowest BCUT2D eigenvalue weighted by atomic mass is 10.1. The molecule has 0 heterocycles. The van der Waals surface area contributed by atoms with Gasteiger partial charge in [0.25, 0.3) is 0 Å². The van der Waals surface area contributed by atoms with Crippen LogP contribution in [0.25, 0.3) is 6.08 Å². The van der Waals surface area contributed by atoms with E-state index < -0.39 is 0 Å². The van der Waals surface area contributed by atoms with E-state index in [2.05, 4.69) is 0 Å². The van der Waals surface area contributed by atoms with Gasteiger partial charge in [0.1, 0.15) is 11.5 Å². The third kappa shape index (κ3) is 3.76. The maximum atomic E-state index is 12.3. The Kier molecular flexibility index (Phi) is 4.99. The highest BCUT2D eigenvalue weighted by atomic mass is 16.5. The van der Waals surface area contributed by atoms with Crippen LogP contribution in [-0.4, -0.2) is 20.0 Å². The van der Waals surface area contributed by atoms with Crippen molar-refractivity contribution in [2.75, 3.05) is 14.2 Å². The summed E-state index contributed by atoms with van der Waals surface area (Å²) in [6, 6.07) is 11.3. The van der Waals surface area contributed by atoms with Crippen molar-refractivity contribution >= 4 is 11.9 Å². The number of carbonyl (C=O) groups excluding carboxylic acids is 1. The lowest BCUT2D eigenvalue weighted by molar-refractivity contribution is 0.104. The zero-order chi connectivity index (χ0) is 16.1. The van der Waals surface area contributed by atoms with Gasteiger partial charge in [-0.3, -0.25) is 4.79 Å². The van der Waals surface area contributed by atoms with Crippen LogP contribution in [0.4, 0.5) is 0 Å². The molecule has 0 aliphatic heterocycles. The molecular formula is C19H20O3. The number of ketones is 1. The van der Waals surface area contributed by atoms with E-state index in [4.69, 9.17) is 9.47 Å². The molecule has 2 rings (SSSR count). The van der Waals surface area contributed by atoms with Crippen molar-refractivity contribution in [1.29, 1.82) is 0 Å². The Labute approximate surface area is 131 Å². The first-order valence-corrected chi connectivity index (χ1v) is 7.06. The number of methoxy groups -OCH3 is 2. The first-order chi connectivity index (χ1) is 10.5. The first kappa shape index (κ1) is 15.8. The number of hydrogen-bond donors (Lipinski definition) is 0. The molecule has 0 aliphatic carbocycles. The summed E-state index contributed by atoms with van der Waals surface area (Å²) in [5.41, 5.74) is 3.62. The van der Waals surface area contributed by atoms with Gasteiger partial charge < -0.3 is 9.47 Å². The Bertz CT molecular complexity index is 715. The van der Waals surface area contributed by atoms with E-state index in [1.165, 1.54) is 0 Å². The number of ether oxygens (including phenoxy) is 2. The van der Waals surface area contributed by atoms with E-state index in [0.717, 1.165) is 22.4 Å². The van der Waals surface area contributed by atoms with Gasteiger partial charge in [-0.15, -0.1) is 0 Å². The molecule has 2 aromatic carbocycles. The lowest BCUT2D eigenvalue weighted by Crippen LogP contribution is -1.96. The van der Waals surface area contributed by atoms with Gasteiger partial charge in [-0.2, -0.15) is 0 Å². The molecule has 0 aliphatic rings. The molecule has 0 amide bonds. The Morgan fingerprint density at radius 1 is 1.00 bits per heavy atom. The molecule has 0 atom stereocenters. The summed E-state index contributed by atoms with van der Waals surface area (Å²) in [5.74, 6) is 1.49. The van der Waals surface area contributed by atoms with Gasteiger partial charge in [-0.05, 0) is 66.9 Å². The van der Waals surface area contributed by atoms with Crippen molar-refractivity contribution in [2.24, 2.45) is 0 Å². The highest BCUT2D eigenvalue weighted by molar-refractivity contribution is 6.07. The van der Waals surface area contributed by atoms with E-state index in [9.17, 15) is 4.79 Å². The van der Waals surface area contributed by atoms with E-state index >= 15 is 0 Å². The van der Waals surface area contributed by atoms with Crippen LogP contribution in [0.3, 0.4) is 0 Å². The topological polar surface area (TPSA) is 35.5 Å². The Balaban J connectivity index is 2.21. The summed E-state index contributed by atoms with van der Waals surface area (Å²) < 4.78 is 10.4. The largest absolute Gasteiger partial charge is 0.497 e. The summed E-state index contributed by atoms with van der Waals surface area (Å²) in [5, 5.41) is 0. The zero-order valence-electron chi connectivity index (χ0n) is 13.3. The fraction of sp³-hybridized carbons (Fsp3) is 0.211. The van der Waals surface area contributed by atoms with Gasteiger partial charge in [0.15, 0.2) is 5.78 Å². The predicted molar refractivity (Wildman–Crippen MR) is 88.8 cm³/mol. The van der Waals surface area contributed by atoms with E-state index in [-0.39, 0.29) is 5.78 Å². The number of rotatable bonds is 5. The van der Waals surface area contributed by atoms with Gasteiger partial charge in [-0.1, -0.05) is 12.1 Å². The predicted octanol–water partition coefficient (Wildman–Crippen LogP) is 4.22. The zero-order valence-corrected chi connectivity index (χ0v) is 13.3.